The van der Waals surface area contributed by atoms with Gasteiger partial charge < -0.3 is 14.7 Å². The SMILES string of the molecule is Cc1nn(CC(=O)NCCCN2CCCCC2)c(=O)c2noc(C)c12. The maximum Gasteiger partial charge on any atom is 0.297 e. The number of likely N-dealkylation sites (tertiary alicyclic amines) is 1. The van der Waals surface area contributed by atoms with Gasteiger partial charge in [0.15, 0.2) is 5.52 Å². The molecule has 2 aromatic heterocycles. The Hall–Kier alpha value is -2.22. The van der Waals surface area contributed by atoms with Crippen LogP contribution in [0, 0.1) is 13.8 Å². The van der Waals surface area contributed by atoms with Gasteiger partial charge in [0, 0.05) is 6.54 Å². The van der Waals surface area contributed by atoms with E-state index < -0.39 is 5.56 Å². The van der Waals surface area contributed by atoms with Gasteiger partial charge in [0.2, 0.25) is 5.91 Å². The number of hydrogen-bond donors (Lipinski definition) is 1. The molecular weight excluding hydrogens is 322 g/mol. The first-order chi connectivity index (χ1) is 12.1. The molecule has 3 rings (SSSR count). The fourth-order valence-corrected chi connectivity index (χ4v) is 3.36. The van der Waals surface area contributed by atoms with Crippen molar-refractivity contribution in [1.82, 2.24) is 25.2 Å². The Kier molecular flexibility index (Phi) is 5.47. The van der Waals surface area contributed by atoms with E-state index in [1.807, 2.05) is 0 Å². The molecule has 0 unspecified atom stereocenters. The van der Waals surface area contributed by atoms with Crippen molar-refractivity contribution in [2.24, 2.45) is 0 Å². The first-order valence-corrected chi connectivity index (χ1v) is 8.89. The average molecular weight is 347 g/mol. The Labute approximate surface area is 146 Å². The van der Waals surface area contributed by atoms with Gasteiger partial charge in [-0.3, -0.25) is 9.59 Å². The lowest BCUT2D eigenvalue weighted by Gasteiger charge is -2.26. The summed E-state index contributed by atoms with van der Waals surface area (Å²) in [5, 5.41) is 11.5. The highest BCUT2D eigenvalue weighted by molar-refractivity contribution is 5.82. The van der Waals surface area contributed by atoms with Gasteiger partial charge in [-0.25, -0.2) is 4.68 Å². The predicted octanol–water partition coefficient (Wildman–Crippen LogP) is 0.994. The summed E-state index contributed by atoms with van der Waals surface area (Å²) in [6.45, 7) is 7.33. The van der Waals surface area contributed by atoms with Gasteiger partial charge >= 0.3 is 0 Å². The fourth-order valence-electron chi connectivity index (χ4n) is 3.36. The Bertz CT molecular complexity index is 804. The lowest BCUT2D eigenvalue weighted by molar-refractivity contribution is -0.121. The molecule has 1 aliphatic heterocycles. The predicted molar refractivity (Wildman–Crippen MR) is 93.5 cm³/mol. The minimum atomic E-state index is -0.402. The lowest BCUT2D eigenvalue weighted by atomic mass is 10.1. The normalized spacial score (nSPS) is 15.6. The van der Waals surface area contributed by atoms with Gasteiger partial charge in [-0.15, -0.1) is 0 Å². The number of hydrogen-bond acceptors (Lipinski definition) is 6. The number of rotatable bonds is 6. The summed E-state index contributed by atoms with van der Waals surface area (Å²) in [4.78, 5) is 26.9. The van der Waals surface area contributed by atoms with Gasteiger partial charge in [0.1, 0.15) is 12.3 Å². The topological polar surface area (TPSA) is 93.3 Å². The fraction of sp³-hybridized carbons (Fsp3) is 0.647. The zero-order valence-corrected chi connectivity index (χ0v) is 14.9. The molecule has 2 aromatic rings. The minimum absolute atomic E-state index is 0.106. The zero-order valence-electron chi connectivity index (χ0n) is 14.9. The molecule has 0 aromatic carbocycles. The molecule has 1 saturated heterocycles. The van der Waals surface area contributed by atoms with Gasteiger partial charge in [0.25, 0.3) is 5.56 Å². The number of aryl methyl sites for hydroxylation is 2. The molecule has 1 amide bonds. The van der Waals surface area contributed by atoms with Crippen LogP contribution >= 0.6 is 0 Å². The van der Waals surface area contributed by atoms with E-state index in [2.05, 4.69) is 20.5 Å². The molecule has 0 radical (unpaired) electrons. The summed E-state index contributed by atoms with van der Waals surface area (Å²) in [7, 11) is 0. The van der Waals surface area contributed by atoms with Crippen LogP contribution in [-0.4, -0.2) is 51.9 Å². The van der Waals surface area contributed by atoms with E-state index >= 15 is 0 Å². The smallest absolute Gasteiger partial charge is 0.297 e. The molecule has 1 aliphatic rings. The Morgan fingerprint density at radius 3 is 2.76 bits per heavy atom. The van der Waals surface area contributed by atoms with Crippen LogP contribution < -0.4 is 10.9 Å². The number of fused-ring (bicyclic) bond motifs is 1. The van der Waals surface area contributed by atoms with Crippen molar-refractivity contribution in [3.8, 4) is 0 Å². The van der Waals surface area contributed by atoms with Gasteiger partial charge in [0.05, 0.1) is 11.1 Å². The summed E-state index contributed by atoms with van der Waals surface area (Å²) in [6, 6.07) is 0. The maximum absolute atomic E-state index is 12.4. The Morgan fingerprint density at radius 1 is 1.24 bits per heavy atom. The lowest BCUT2D eigenvalue weighted by Crippen LogP contribution is -2.36. The quantitative estimate of drug-likeness (QED) is 0.784. The summed E-state index contributed by atoms with van der Waals surface area (Å²) in [5.74, 6) is 0.346. The summed E-state index contributed by atoms with van der Waals surface area (Å²) >= 11 is 0. The highest BCUT2D eigenvalue weighted by atomic mass is 16.5. The van der Waals surface area contributed by atoms with Crippen molar-refractivity contribution in [2.45, 2.75) is 46.1 Å². The molecule has 8 nitrogen and oxygen atoms in total. The van der Waals surface area contributed by atoms with Crippen LogP contribution in [0.4, 0.5) is 0 Å². The first kappa shape index (κ1) is 17.6. The second-order valence-electron chi connectivity index (χ2n) is 6.62. The maximum atomic E-state index is 12.4. The molecule has 3 heterocycles. The van der Waals surface area contributed by atoms with E-state index in [0.29, 0.717) is 23.4 Å². The van der Waals surface area contributed by atoms with Crippen molar-refractivity contribution in [1.29, 1.82) is 0 Å². The van der Waals surface area contributed by atoms with Gasteiger partial charge in [-0.2, -0.15) is 5.10 Å². The van der Waals surface area contributed by atoms with Crippen LogP contribution in [0.15, 0.2) is 9.32 Å². The summed E-state index contributed by atoms with van der Waals surface area (Å²) in [5.41, 5.74) is 0.454. The molecule has 0 saturated carbocycles. The number of aromatic nitrogens is 3. The molecule has 0 aliphatic carbocycles. The van der Waals surface area contributed by atoms with Crippen molar-refractivity contribution < 1.29 is 9.32 Å². The number of carbonyl (C=O) groups excluding carboxylic acids is 1. The van der Waals surface area contributed by atoms with Crippen LogP contribution in [0.2, 0.25) is 0 Å². The van der Waals surface area contributed by atoms with Crippen LogP contribution in [0.5, 0.6) is 0 Å². The summed E-state index contributed by atoms with van der Waals surface area (Å²) < 4.78 is 6.22. The van der Waals surface area contributed by atoms with E-state index in [1.165, 1.54) is 19.3 Å². The molecule has 0 atom stereocenters. The van der Waals surface area contributed by atoms with Gasteiger partial charge in [-0.05, 0) is 52.7 Å². The average Bonchev–Trinajstić information content (AvgIpc) is 3.00. The number of carbonyl (C=O) groups is 1. The third kappa shape index (κ3) is 4.07. The standard InChI is InChI=1S/C17H25N5O3/c1-12-15-13(2)25-20-16(15)17(24)22(19-12)11-14(23)18-7-6-10-21-8-4-3-5-9-21/h3-11H2,1-2H3,(H,18,23). The Morgan fingerprint density at radius 2 is 2.00 bits per heavy atom. The molecule has 0 bridgehead atoms. The number of piperidine rings is 1. The largest absolute Gasteiger partial charge is 0.360 e. The first-order valence-electron chi connectivity index (χ1n) is 8.89. The Balaban J connectivity index is 1.53. The molecule has 0 spiro atoms. The van der Waals surface area contributed by atoms with Crippen LogP contribution in [0.3, 0.4) is 0 Å². The third-order valence-electron chi connectivity index (χ3n) is 4.65. The second kappa shape index (κ2) is 7.77. The van der Waals surface area contributed by atoms with Crippen molar-refractivity contribution in [3.63, 3.8) is 0 Å². The van der Waals surface area contributed by atoms with Crippen LogP contribution in [0.25, 0.3) is 10.9 Å². The zero-order chi connectivity index (χ0) is 17.8. The number of nitrogens with one attached hydrogen (secondary N) is 1. The number of amides is 1. The minimum Gasteiger partial charge on any atom is -0.360 e. The van der Waals surface area contributed by atoms with Crippen molar-refractivity contribution in [3.05, 3.63) is 21.8 Å². The van der Waals surface area contributed by atoms with Crippen LogP contribution in [0.1, 0.15) is 37.1 Å². The second-order valence-corrected chi connectivity index (χ2v) is 6.62. The molecule has 8 heteroatoms. The van der Waals surface area contributed by atoms with Crippen LogP contribution in [-0.2, 0) is 11.3 Å². The van der Waals surface area contributed by atoms with Crippen molar-refractivity contribution >= 4 is 16.8 Å². The van der Waals surface area contributed by atoms with E-state index in [4.69, 9.17) is 4.52 Å². The highest BCUT2D eigenvalue weighted by Gasteiger charge is 2.16. The van der Waals surface area contributed by atoms with E-state index in [9.17, 15) is 9.59 Å². The molecule has 25 heavy (non-hydrogen) atoms. The monoisotopic (exact) mass is 347 g/mol. The van der Waals surface area contributed by atoms with Crippen molar-refractivity contribution in [2.75, 3.05) is 26.2 Å². The molecule has 1 N–H and O–H groups in total. The van der Waals surface area contributed by atoms with Gasteiger partial charge in [-0.1, -0.05) is 11.6 Å². The number of nitrogens with zero attached hydrogens (tertiary/aromatic N) is 4. The van der Waals surface area contributed by atoms with E-state index in [1.54, 1.807) is 13.8 Å². The highest BCUT2D eigenvalue weighted by Crippen LogP contribution is 2.16. The third-order valence-corrected chi connectivity index (χ3v) is 4.65. The molecule has 1 fully saturated rings. The van der Waals surface area contributed by atoms with E-state index in [0.717, 1.165) is 30.7 Å². The summed E-state index contributed by atoms with van der Waals surface area (Å²) in [6.07, 6.45) is 4.77. The van der Waals surface area contributed by atoms with E-state index in [-0.39, 0.29) is 18.0 Å². The molecular formula is C17H25N5O3. The molecule has 136 valence electrons.